The molecule has 0 saturated carbocycles. The van der Waals surface area contributed by atoms with Gasteiger partial charge in [-0.15, -0.1) is 24.0 Å². The number of rotatable bonds is 4. The summed E-state index contributed by atoms with van der Waals surface area (Å²) in [6.45, 7) is 1.26. The molecular weight excluding hydrogens is 432 g/mol. The summed E-state index contributed by atoms with van der Waals surface area (Å²) in [4.78, 5) is 6.27. The van der Waals surface area contributed by atoms with Crippen LogP contribution in [-0.4, -0.2) is 37.6 Å². The Kier molecular flexibility index (Phi) is 7.04. The second-order valence-electron chi connectivity index (χ2n) is 5.97. The number of aliphatic imine (C=N–C) groups is 1. The normalized spacial score (nSPS) is 15.8. The van der Waals surface area contributed by atoms with Crippen molar-refractivity contribution >= 4 is 29.9 Å². The highest BCUT2D eigenvalue weighted by Gasteiger charge is 2.22. The van der Waals surface area contributed by atoms with E-state index in [0.717, 1.165) is 23.7 Å². The zero-order valence-corrected chi connectivity index (χ0v) is 16.7. The summed E-state index contributed by atoms with van der Waals surface area (Å²) >= 11 is 0. The first-order chi connectivity index (χ1) is 11.7. The van der Waals surface area contributed by atoms with Gasteiger partial charge in [-0.3, -0.25) is 4.99 Å². The van der Waals surface area contributed by atoms with Crippen LogP contribution in [0.15, 0.2) is 53.5 Å². The van der Waals surface area contributed by atoms with Gasteiger partial charge in [-0.1, -0.05) is 30.3 Å². The standard InChI is InChI=1S/C19H22FN3O.HI/c1-21-19(23(2)13-14-6-5-8-16(20)10-14)22-12-17-11-15-7-3-4-9-18(15)24-17;/h3-10,17H,11-13H2,1-2H3,(H,21,22);1H. The van der Waals surface area contributed by atoms with Gasteiger partial charge in [0, 0.05) is 27.1 Å². The van der Waals surface area contributed by atoms with E-state index >= 15 is 0 Å². The smallest absolute Gasteiger partial charge is 0.193 e. The maximum Gasteiger partial charge on any atom is 0.193 e. The Labute approximate surface area is 165 Å². The fourth-order valence-electron chi connectivity index (χ4n) is 2.94. The highest BCUT2D eigenvalue weighted by atomic mass is 127. The predicted molar refractivity (Wildman–Crippen MR) is 109 cm³/mol. The van der Waals surface area contributed by atoms with Gasteiger partial charge in [0.2, 0.25) is 0 Å². The number of nitrogens with zero attached hydrogens (tertiary/aromatic N) is 2. The van der Waals surface area contributed by atoms with E-state index in [1.54, 1.807) is 19.2 Å². The van der Waals surface area contributed by atoms with E-state index in [0.29, 0.717) is 13.1 Å². The van der Waals surface area contributed by atoms with Gasteiger partial charge in [-0.2, -0.15) is 0 Å². The molecule has 0 amide bonds. The third kappa shape index (κ3) is 5.07. The van der Waals surface area contributed by atoms with Gasteiger partial charge in [-0.25, -0.2) is 4.39 Å². The first-order valence-electron chi connectivity index (χ1n) is 8.06. The molecular formula is C19H23FIN3O. The topological polar surface area (TPSA) is 36.9 Å². The number of hydrogen-bond acceptors (Lipinski definition) is 2. The molecule has 1 unspecified atom stereocenters. The third-order valence-electron chi connectivity index (χ3n) is 4.08. The fraction of sp³-hybridized carbons (Fsp3) is 0.316. The first kappa shape index (κ1) is 19.5. The molecule has 0 radical (unpaired) electrons. The van der Waals surface area contributed by atoms with Crippen LogP contribution in [-0.2, 0) is 13.0 Å². The minimum Gasteiger partial charge on any atom is -0.488 e. The van der Waals surface area contributed by atoms with Crippen LogP contribution in [0.25, 0.3) is 0 Å². The summed E-state index contributed by atoms with van der Waals surface area (Å²) in [7, 11) is 3.68. The van der Waals surface area contributed by atoms with E-state index in [2.05, 4.69) is 16.4 Å². The maximum atomic E-state index is 13.3. The molecule has 1 aliphatic rings. The minimum atomic E-state index is -0.221. The zero-order chi connectivity index (χ0) is 16.9. The quantitative estimate of drug-likeness (QED) is 0.436. The van der Waals surface area contributed by atoms with Crippen molar-refractivity contribution in [3.05, 3.63) is 65.5 Å². The van der Waals surface area contributed by atoms with Crippen LogP contribution in [0.3, 0.4) is 0 Å². The van der Waals surface area contributed by atoms with Crippen molar-refractivity contribution in [2.75, 3.05) is 20.6 Å². The number of hydrogen-bond donors (Lipinski definition) is 1. The van der Waals surface area contributed by atoms with Crippen LogP contribution >= 0.6 is 24.0 Å². The van der Waals surface area contributed by atoms with Gasteiger partial charge in [-0.05, 0) is 29.3 Å². The molecule has 1 heterocycles. The number of halogens is 2. The minimum absolute atomic E-state index is 0. The van der Waals surface area contributed by atoms with Crippen LogP contribution < -0.4 is 10.1 Å². The average Bonchev–Trinajstić information content (AvgIpc) is 2.98. The van der Waals surface area contributed by atoms with Gasteiger partial charge < -0.3 is 15.0 Å². The summed E-state index contributed by atoms with van der Waals surface area (Å²) in [5, 5.41) is 3.34. The molecule has 4 nitrogen and oxygen atoms in total. The lowest BCUT2D eigenvalue weighted by atomic mass is 10.1. The first-order valence-corrected chi connectivity index (χ1v) is 8.06. The van der Waals surface area contributed by atoms with Gasteiger partial charge in [0.25, 0.3) is 0 Å². The van der Waals surface area contributed by atoms with Gasteiger partial charge in [0.1, 0.15) is 17.7 Å². The van der Waals surface area contributed by atoms with Gasteiger partial charge >= 0.3 is 0 Å². The molecule has 0 bridgehead atoms. The summed E-state index contributed by atoms with van der Waals surface area (Å²) in [6.07, 6.45) is 0.995. The van der Waals surface area contributed by atoms with Crippen molar-refractivity contribution in [2.24, 2.45) is 4.99 Å². The molecule has 1 aliphatic heterocycles. The molecule has 2 aromatic carbocycles. The monoisotopic (exact) mass is 455 g/mol. The Morgan fingerprint density at radius 1 is 1.28 bits per heavy atom. The van der Waals surface area contributed by atoms with E-state index in [4.69, 9.17) is 4.74 Å². The molecule has 0 saturated heterocycles. The van der Waals surface area contributed by atoms with Gasteiger partial charge in [0.15, 0.2) is 5.96 Å². The van der Waals surface area contributed by atoms with Crippen LogP contribution in [0.2, 0.25) is 0 Å². The molecule has 2 aromatic rings. The lowest BCUT2D eigenvalue weighted by molar-refractivity contribution is 0.233. The predicted octanol–water partition coefficient (Wildman–Crippen LogP) is 3.45. The molecule has 0 fully saturated rings. The highest BCUT2D eigenvalue weighted by molar-refractivity contribution is 14.0. The Hall–Kier alpha value is -1.83. The van der Waals surface area contributed by atoms with E-state index < -0.39 is 0 Å². The summed E-state index contributed by atoms with van der Waals surface area (Å²) in [5.41, 5.74) is 2.15. The molecule has 134 valence electrons. The van der Waals surface area contributed by atoms with Gasteiger partial charge in [0.05, 0.1) is 6.54 Å². The highest BCUT2D eigenvalue weighted by Crippen LogP contribution is 2.27. The van der Waals surface area contributed by atoms with Crippen molar-refractivity contribution in [2.45, 2.75) is 19.1 Å². The lowest BCUT2D eigenvalue weighted by Gasteiger charge is -2.23. The third-order valence-corrected chi connectivity index (χ3v) is 4.08. The molecule has 1 atom stereocenters. The Morgan fingerprint density at radius 2 is 2.08 bits per heavy atom. The number of ether oxygens (including phenoxy) is 1. The van der Waals surface area contributed by atoms with Crippen molar-refractivity contribution in [1.82, 2.24) is 10.2 Å². The van der Waals surface area contributed by atoms with Crippen LogP contribution in [0.1, 0.15) is 11.1 Å². The van der Waals surface area contributed by atoms with Crippen LogP contribution in [0, 0.1) is 5.82 Å². The van der Waals surface area contributed by atoms with Crippen molar-refractivity contribution in [1.29, 1.82) is 0 Å². The zero-order valence-electron chi connectivity index (χ0n) is 14.4. The molecule has 0 spiro atoms. The van der Waals surface area contributed by atoms with Crippen molar-refractivity contribution in [3.63, 3.8) is 0 Å². The summed E-state index contributed by atoms with van der Waals surface area (Å²) in [5.74, 6) is 1.51. The molecule has 6 heteroatoms. The summed E-state index contributed by atoms with van der Waals surface area (Å²) in [6, 6.07) is 14.7. The van der Waals surface area contributed by atoms with E-state index in [1.807, 2.05) is 36.2 Å². The van der Waals surface area contributed by atoms with Crippen LogP contribution in [0.5, 0.6) is 5.75 Å². The Balaban J connectivity index is 0.00000225. The summed E-state index contributed by atoms with van der Waals surface area (Å²) < 4.78 is 19.2. The molecule has 25 heavy (non-hydrogen) atoms. The molecule has 0 aromatic heterocycles. The van der Waals surface area contributed by atoms with E-state index in [9.17, 15) is 4.39 Å². The second-order valence-corrected chi connectivity index (χ2v) is 5.97. The van der Waals surface area contributed by atoms with Crippen molar-refractivity contribution in [3.8, 4) is 5.75 Å². The Morgan fingerprint density at radius 3 is 2.80 bits per heavy atom. The number of fused-ring (bicyclic) bond motifs is 1. The fourth-order valence-corrected chi connectivity index (χ4v) is 2.94. The maximum absolute atomic E-state index is 13.3. The number of nitrogens with one attached hydrogen (secondary N) is 1. The average molecular weight is 455 g/mol. The SMILES string of the molecule is CN=C(NCC1Cc2ccccc2O1)N(C)Cc1cccc(F)c1.I. The van der Waals surface area contributed by atoms with E-state index in [-0.39, 0.29) is 35.9 Å². The molecule has 0 aliphatic carbocycles. The van der Waals surface area contributed by atoms with Crippen LogP contribution in [0.4, 0.5) is 4.39 Å². The van der Waals surface area contributed by atoms with Crippen molar-refractivity contribution < 1.29 is 9.13 Å². The molecule has 1 N–H and O–H groups in total. The number of guanidine groups is 1. The lowest BCUT2D eigenvalue weighted by Crippen LogP contribution is -2.42. The number of benzene rings is 2. The second kappa shape index (κ2) is 9.03. The largest absolute Gasteiger partial charge is 0.488 e. The van der Waals surface area contributed by atoms with E-state index in [1.165, 1.54) is 11.6 Å². The molecule has 3 rings (SSSR count). The number of para-hydroxylation sites is 1. The Bertz CT molecular complexity index is 713.